The Morgan fingerprint density at radius 2 is 1.11 bits per heavy atom. The van der Waals surface area contributed by atoms with Crippen molar-refractivity contribution in [3.05, 3.63) is 109 Å². The Morgan fingerprint density at radius 3 is 1.67 bits per heavy atom. The summed E-state index contributed by atoms with van der Waals surface area (Å²) in [5, 5.41) is 0. The molecule has 2 nitrogen and oxygen atoms in total. The van der Waals surface area contributed by atoms with Crippen molar-refractivity contribution >= 4 is 17.1 Å². The van der Waals surface area contributed by atoms with Crippen LogP contribution in [0, 0.1) is 0 Å². The summed E-state index contributed by atoms with van der Waals surface area (Å²) >= 11 is 0. The highest BCUT2D eigenvalue weighted by Crippen LogP contribution is 2.35. The lowest BCUT2D eigenvalue weighted by Gasteiger charge is -2.25. The number of aromatic nitrogens is 1. The predicted octanol–water partition coefficient (Wildman–Crippen LogP) is 7.24. The molecule has 0 saturated heterocycles. The van der Waals surface area contributed by atoms with Crippen molar-refractivity contribution in [2.24, 2.45) is 0 Å². The number of hydrogen-bond donors (Lipinski definition) is 0. The summed E-state index contributed by atoms with van der Waals surface area (Å²) in [5.74, 6) is 0. The highest BCUT2D eigenvalue weighted by molar-refractivity contribution is 5.79. The Hall–Kier alpha value is -3.39. The van der Waals surface area contributed by atoms with Crippen LogP contribution in [0.2, 0.25) is 0 Å². The first-order chi connectivity index (χ1) is 13.4. The van der Waals surface area contributed by atoms with Crippen LogP contribution in [0.3, 0.4) is 0 Å². The molecule has 134 valence electrons. The van der Waals surface area contributed by atoms with Gasteiger partial charge >= 0.3 is 0 Å². The van der Waals surface area contributed by atoms with Gasteiger partial charge in [-0.2, -0.15) is 0 Å². The monoisotopic (exact) mass is 352 g/mol. The van der Waals surface area contributed by atoms with Crippen LogP contribution in [0.5, 0.6) is 0 Å². The molecule has 0 N–H and O–H groups in total. The van der Waals surface area contributed by atoms with Crippen LogP contribution >= 0.6 is 0 Å². The van der Waals surface area contributed by atoms with Crippen LogP contribution < -0.4 is 4.90 Å². The summed E-state index contributed by atoms with van der Waals surface area (Å²) in [5.41, 5.74) is 5.46. The first-order valence-corrected chi connectivity index (χ1v) is 9.33. The van der Waals surface area contributed by atoms with Gasteiger partial charge in [-0.25, -0.2) is 0 Å². The fourth-order valence-corrected chi connectivity index (χ4v) is 2.94. The minimum absolute atomic E-state index is 0.977. The maximum Gasteiger partial charge on any atom is 0.0702 e. The Bertz CT molecular complexity index is 896. The van der Waals surface area contributed by atoms with Gasteiger partial charge in [0.1, 0.15) is 0 Å². The molecule has 0 atom stereocenters. The molecular formula is C25H24N2. The molecule has 0 unspecified atom stereocenters. The Kier molecular flexibility index (Phi) is 6.37. The number of anilines is 3. The average molecular weight is 352 g/mol. The van der Waals surface area contributed by atoms with Crippen molar-refractivity contribution in [1.82, 2.24) is 4.98 Å². The van der Waals surface area contributed by atoms with E-state index in [2.05, 4.69) is 82.7 Å². The lowest BCUT2D eigenvalue weighted by molar-refractivity contribution is 1.27. The normalized spacial score (nSPS) is 9.85. The summed E-state index contributed by atoms with van der Waals surface area (Å²) in [6.07, 6.45) is 1.83. The van der Waals surface area contributed by atoms with Crippen LogP contribution in [0.4, 0.5) is 17.1 Å². The predicted molar refractivity (Wildman–Crippen MR) is 116 cm³/mol. The zero-order chi connectivity index (χ0) is 18.9. The number of benzene rings is 3. The lowest BCUT2D eigenvalue weighted by atomic mass is 10.1. The number of nitrogens with zero attached hydrogens (tertiary/aromatic N) is 2. The second-order valence-electron chi connectivity index (χ2n) is 5.77. The van der Waals surface area contributed by atoms with E-state index in [-0.39, 0.29) is 0 Å². The van der Waals surface area contributed by atoms with E-state index < -0.39 is 0 Å². The second-order valence-corrected chi connectivity index (χ2v) is 5.77. The highest BCUT2D eigenvalue weighted by atomic mass is 15.1. The van der Waals surface area contributed by atoms with Gasteiger partial charge in [0.2, 0.25) is 0 Å². The van der Waals surface area contributed by atoms with Crippen molar-refractivity contribution < 1.29 is 0 Å². The molecule has 1 heterocycles. The van der Waals surface area contributed by atoms with E-state index >= 15 is 0 Å². The molecule has 0 aliphatic carbocycles. The Morgan fingerprint density at radius 1 is 0.556 bits per heavy atom. The van der Waals surface area contributed by atoms with Crippen LogP contribution in [0.1, 0.15) is 13.8 Å². The smallest absolute Gasteiger partial charge is 0.0702 e. The van der Waals surface area contributed by atoms with E-state index in [1.165, 1.54) is 0 Å². The van der Waals surface area contributed by atoms with E-state index in [4.69, 9.17) is 0 Å². The molecule has 0 saturated carbocycles. The highest BCUT2D eigenvalue weighted by Gasteiger charge is 2.12. The van der Waals surface area contributed by atoms with Crippen molar-refractivity contribution in [2.75, 3.05) is 4.90 Å². The zero-order valence-electron chi connectivity index (χ0n) is 15.8. The van der Waals surface area contributed by atoms with Gasteiger partial charge < -0.3 is 4.90 Å². The first kappa shape index (κ1) is 18.4. The summed E-state index contributed by atoms with van der Waals surface area (Å²) in [7, 11) is 0. The number of pyridine rings is 1. The van der Waals surface area contributed by atoms with Gasteiger partial charge in [-0.3, -0.25) is 4.98 Å². The number of rotatable bonds is 4. The molecule has 0 fully saturated rings. The molecule has 0 aliphatic heterocycles. The summed E-state index contributed by atoms with van der Waals surface area (Å²) in [4.78, 5) is 6.73. The summed E-state index contributed by atoms with van der Waals surface area (Å²) in [6.45, 7) is 4.00. The van der Waals surface area contributed by atoms with E-state index in [1.54, 1.807) is 0 Å². The lowest BCUT2D eigenvalue weighted by Crippen LogP contribution is -2.09. The van der Waals surface area contributed by atoms with Crippen molar-refractivity contribution in [3.63, 3.8) is 0 Å². The molecule has 4 rings (SSSR count). The van der Waals surface area contributed by atoms with Gasteiger partial charge in [-0.05, 0) is 48.5 Å². The van der Waals surface area contributed by atoms with E-state index in [0.29, 0.717) is 0 Å². The molecule has 0 bridgehead atoms. The van der Waals surface area contributed by atoms with Gasteiger partial charge in [0, 0.05) is 28.8 Å². The molecule has 0 radical (unpaired) electrons. The summed E-state index contributed by atoms with van der Waals surface area (Å²) in [6, 6.07) is 35.3. The molecule has 0 amide bonds. The topological polar surface area (TPSA) is 16.1 Å². The average Bonchev–Trinajstić information content (AvgIpc) is 2.78. The van der Waals surface area contributed by atoms with Gasteiger partial charge in [-0.1, -0.05) is 68.4 Å². The Labute approximate surface area is 161 Å². The molecular weight excluding hydrogens is 328 g/mol. The van der Waals surface area contributed by atoms with Crippen molar-refractivity contribution in [3.8, 4) is 11.3 Å². The second kappa shape index (κ2) is 9.35. The largest absolute Gasteiger partial charge is 0.310 e. The molecule has 0 aliphatic rings. The van der Waals surface area contributed by atoms with Gasteiger partial charge in [-0.15, -0.1) is 0 Å². The third-order valence-corrected chi connectivity index (χ3v) is 4.09. The standard InChI is InChI=1S/C23H18N2.C2H6/c1-3-11-20(12-4-1)25(21-13-5-2-6-14-21)22-15-9-10-19(18-22)23-16-7-8-17-24-23;1-2/h1-18H;1-2H3. The fraction of sp³-hybridized carbons (Fsp3) is 0.0800. The van der Waals surface area contributed by atoms with Gasteiger partial charge in [0.15, 0.2) is 0 Å². The number of para-hydroxylation sites is 2. The Balaban J connectivity index is 0.00000102. The maximum atomic E-state index is 4.48. The molecule has 4 aromatic rings. The fourth-order valence-electron chi connectivity index (χ4n) is 2.94. The first-order valence-electron chi connectivity index (χ1n) is 9.33. The molecule has 0 spiro atoms. The molecule has 1 aromatic heterocycles. The van der Waals surface area contributed by atoms with E-state index in [1.807, 2.05) is 50.4 Å². The van der Waals surface area contributed by atoms with Crippen LogP contribution in [0.15, 0.2) is 109 Å². The third kappa shape index (κ3) is 4.42. The molecule has 27 heavy (non-hydrogen) atoms. The SMILES string of the molecule is CC.c1ccc(N(c2ccccc2)c2cccc(-c3ccccn3)c2)cc1. The van der Waals surface area contributed by atoms with Gasteiger partial charge in [0.25, 0.3) is 0 Å². The maximum absolute atomic E-state index is 4.48. The molecule has 3 aromatic carbocycles. The third-order valence-electron chi connectivity index (χ3n) is 4.09. The van der Waals surface area contributed by atoms with Crippen LogP contribution in [0.25, 0.3) is 11.3 Å². The quantitative estimate of drug-likeness (QED) is 0.384. The van der Waals surface area contributed by atoms with Crippen LogP contribution in [-0.2, 0) is 0 Å². The summed E-state index contributed by atoms with van der Waals surface area (Å²) < 4.78 is 0. The number of hydrogen-bond acceptors (Lipinski definition) is 2. The van der Waals surface area contributed by atoms with Crippen molar-refractivity contribution in [2.45, 2.75) is 13.8 Å². The molecule has 2 heteroatoms. The van der Waals surface area contributed by atoms with Crippen LogP contribution in [-0.4, -0.2) is 4.98 Å². The van der Waals surface area contributed by atoms with E-state index in [0.717, 1.165) is 28.3 Å². The van der Waals surface area contributed by atoms with Gasteiger partial charge in [0.05, 0.1) is 5.69 Å². The minimum atomic E-state index is 0.977. The van der Waals surface area contributed by atoms with E-state index in [9.17, 15) is 0 Å². The zero-order valence-corrected chi connectivity index (χ0v) is 15.8. The van der Waals surface area contributed by atoms with Crippen molar-refractivity contribution in [1.29, 1.82) is 0 Å². The minimum Gasteiger partial charge on any atom is -0.310 e.